The average molecular weight is 372 g/mol. The molecule has 1 saturated heterocycles. The number of hydrogen-bond donors (Lipinski definition) is 3. The van der Waals surface area contributed by atoms with Crippen LogP contribution in [-0.4, -0.2) is 38.6 Å². The van der Waals surface area contributed by atoms with Gasteiger partial charge in [0.15, 0.2) is 0 Å². The molecule has 0 radical (unpaired) electrons. The van der Waals surface area contributed by atoms with Gasteiger partial charge in [-0.2, -0.15) is 4.39 Å². The molecule has 9 heteroatoms. The van der Waals surface area contributed by atoms with E-state index in [2.05, 4.69) is 0 Å². The first kappa shape index (κ1) is 13.6. The maximum absolute atomic E-state index is 13.4. The van der Waals surface area contributed by atoms with Crippen molar-refractivity contribution in [2.24, 2.45) is 0 Å². The Morgan fingerprint density at radius 2 is 2.22 bits per heavy atom. The zero-order valence-corrected chi connectivity index (χ0v) is 11.1. The minimum Gasteiger partial charge on any atom is -0.394 e. The number of rotatable bonds is 2. The molecule has 7 nitrogen and oxygen atoms in total. The lowest BCUT2D eigenvalue weighted by Gasteiger charge is -2.16. The Bertz CT molecular complexity index is 571. The molecule has 1 aliphatic heterocycles. The van der Waals surface area contributed by atoms with E-state index in [4.69, 9.17) is 9.84 Å². The minimum absolute atomic E-state index is 0.0343. The van der Waals surface area contributed by atoms with Gasteiger partial charge >= 0.3 is 5.69 Å². The van der Waals surface area contributed by atoms with E-state index >= 15 is 0 Å². The van der Waals surface area contributed by atoms with Gasteiger partial charge in [-0.3, -0.25) is 14.3 Å². The van der Waals surface area contributed by atoms with Crippen LogP contribution in [0.4, 0.5) is 4.39 Å². The third-order valence-electron chi connectivity index (χ3n) is 2.70. The minimum atomic E-state index is -1.10. The lowest BCUT2D eigenvalue weighted by Crippen LogP contribution is -2.36. The van der Waals surface area contributed by atoms with Crippen LogP contribution < -0.4 is 11.2 Å². The molecule has 1 aromatic heterocycles. The Morgan fingerprint density at radius 3 is 2.78 bits per heavy atom. The molecule has 1 aliphatic rings. The van der Waals surface area contributed by atoms with Crippen molar-refractivity contribution in [2.75, 3.05) is 6.61 Å². The predicted molar refractivity (Wildman–Crippen MR) is 65.6 cm³/mol. The summed E-state index contributed by atoms with van der Waals surface area (Å²) in [5.74, 6) is -1.08. The molecule has 0 saturated carbocycles. The molecule has 3 N–H and O–H groups in total. The lowest BCUT2D eigenvalue weighted by molar-refractivity contribution is -0.0471. The number of aliphatic hydroxyl groups excluding tert-OH is 2. The standard InChI is InChI=1S/C9H10FIN2O5/c10-6-7(11)13(9(17)12-8(6)16)5-1-3(15)4(2-14)18-5/h3-5,14-15H,1-2H2,(H,12,16,17)/t3-,4+,5+/m0/s1. The summed E-state index contributed by atoms with van der Waals surface area (Å²) in [5, 5.41) is 18.5. The van der Waals surface area contributed by atoms with Crippen molar-refractivity contribution in [2.45, 2.75) is 24.9 Å². The summed E-state index contributed by atoms with van der Waals surface area (Å²) < 4.78 is 19.4. The monoisotopic (exact) mass is 372 g/mol. The van der Waals surface area contributed by atoms with Crippen LogP contribution >= 0.6 is 22.6 Å². The van der Waals surface area contributed by atoms with Gasteiger partial charge < -0.3 is 14.9 Å². The van der Waals surface area contributed by atoms with Gasteiger partial charge in [-0.25, -0.2) is 4.79 Å². The van der Waals surface area contributed by atoms with Gasteiger partial charge in [0.05, 0.1) is 12.7 Å². The van der Waals surface area contributed by atoms with E-state index in [-0.39, 0.29) is 10.1 Å². The lowest BCUT2D eigenvalue weighted by atomic mass is 10.2. The van der Waals surface area contributed by atoms with Crippen LogP contribution in [0.25, 0.3) is 0 Å². The van der Waals surface area contributed by atoms with Crippen molar-refractivity contribution in [3.63, 3.8) is 0 Å². The number of aromatic nitrogens is 2. The van der Waals surface area contributed by atoms with Crippen molar-refractivity contribution < 1.29 is 19.3 Å². The van der Waals surface area contributed by atoms with Crippen LogP contribution in [0.15, 0.2) is 9.59 Å². The number of hydrogen-bond acceptors (Lipinski definition) is 5. The first-order valence-corrected chi connectivity index (χ1v) is 6.17. The van der Waals surface area contributed by atoms with Crippen LogP contribution in [0.3, 0.4) is 0 Å². The van der Waals surface area contributed by atoms with Gasteiger partial charge in [0.2, 0.25) is 5.82 Å². The highest BCUT2D eigenvalue weighted by molar-refractivity contribution is 14.1. The highest BCUT2D eigenvalue weighted by atomic mass is 127. The number of H-pyrrole nitrogens is 1. The molecule has 0 unspecified atom stereocenters. The van der Waals surface area contributed by atoms with Crippen molar-refractivity contribution in [1.29, 1.82) is 0 Å². The normalized spacial score (nSPS) is 27.7. The van der Waals surface area contributed by atoms with Crippen molar-refractivity contribution in [1.82, 2.24) is 9.55 Å². The Balaban J connectivity index is 2.45. The second-order valence-electron chi connectivity index (χ2n) is 3.85. The fourth-order valence-electron chi connectivity index (χ4n) is 1.80. The molecule has 0 spiro atoms. The van der Waals surface area contributed by atoms with E-state index in [9.17, 15) is 19.1 Å². The fraction of sp³-hybridized carbons (Fsp3) is 0.556. The van der Waals surface area contributed by atoms with E-state index in [1.807, 2.05) is 4.98 Å². The molecular formula is C9H10FIN2O5. The van der Waals surface area contributed by atoms with Crippen LogP contribution in [-0.2, 0) is 4.74 Å². The summed E-state index contributed by atoms with van der Waals surface area (Å²) in [5.41, 5.74) is -1.92. The number of halogens is 2. The van der Waals surface area contributed by atoms with Crippen LogP contribution in [0.5, 0.6) is 0 Å². The van der Waals surface area contributed by atoms with Crippen molar-refractivity contribution in [3.8, 4) is 0 Å². The Hall–Kier alpha value is -0.780. The third kappa shape index (κ3) is 2.22. The average Bonchev–Trinajstić information content (AvgIpc) is 2.67. The molecule has 1 aromatic rings. The number of aliphatic hydroxyl groups is 2. The number of aromatic amines is 1. The largest absolute Gasteiger partial charge is 0.394 e. The first-order chi connectivity index (χ1) is 8.45. The highest BCUT2D eigenvalue weighted by Crippen LogP contribution is 2.28. The van der Waals surface area contributed by atoms with E-state index in [0.717, 1.165) is 4.57 Å². The molecule has 0 aliphatic carbocycles. The van der Waals surface area contributed by atoms with Gasteiger partial charge in [0, 0.05) is 6.42 Å². The SMILES string of the molecule is O=c1[nH]c(=O)n([C@H]2C[C@H](O)[C@@H](CO)O2)c(I)c1F. The number of nitrogens with one attached hydrogen (secondary N) is 1. The molecule has 3 atom stereocenters. The second kappa shape index (κ2) is 5.07. The molecule has 2 heterocycles. The quantitative estimate of drug-likeness (QED) is 0.453. The van der Waals surface area contributed by atoms with Gasteiger partial charge in [-0.1, -0.05) is 0 Å². The summed E-state index contributed by atoms with van der Waals surface area (Å²) in [4.78, 5) is 24.5. The summed E-state index contributed by atoms with van der Waals surface area (Å²) in [7, 11) is 0. The molecular weight excluding hydrogens is 362 g/mol. The zero-order valence-electron chi connectivity index (χ0n) is 8.97. The summed E-state index contributed by atoms with van der Waals surface area (Å²) >= 11 is 1.52. The van der Waals surface area contributed by atoms with E-state index < -0.39 is 42.1 Å². The summed E-state index contributed by atoms with van der Waals surface area (Å²) in [6.45, 7) is -0.408. The Kier molecular flexibility index (Phi) is 3.84. The molecule has 18 heavy (non-hydrogen) atoms. The summed E-state index contributed by atoms with van der Waals surface area (Å²) in [6, 6.07) is 0. The molecule has 0 aromatic carbocycles. The smallest absolute Gasteiger partial charge is 0.331 e. The predicted octanol–water partition coefficient (Wildman–Crippen LogP) is -1.08. The van der Waals surface area contributed by atoms with Gasteiger partial charge in [-0.15, -0.1) is 0 Å². The van der Waals surface area contributed by atoms with E-state index in [1.165, 1.54) is 22.6 Å². The van der Waals surface area contributed by atoms with Crippen LogP contribution in [0.2, 0.25) is 0 Å². The number of ether oxygens (including phenoxy) is 1. The first-order valence-electron chi connectivity index (χ1n) is 5.10. The second-order valence-corrected chi connectivity index (χ2v) is 4.87. The Morgan fingerprint density at radius 1 is 1.56 bits per heavy atom. The van der Waals surface area contributed by atoms with E-state index in [0.29, 0.717) is 0 Å². The molecule has 2 rings (SSSR count). The molecule has 1 fully saturated rings. The van der Waals surface area contributed by atoms with Gasteiger partial charge in [-0.05, 0) is 22.6 Å². The van der Waals surface area contributed by atoms with Crippen molar-refractivity contribution in [3.05, 3.63) is 30.4 Å². The van der Waals surface area contributed by atoms with Gasteiger partial charge in [0.1, 0.15) is 16.0 Å². The molecule has 100 valence electrons. The molecule has 0 amide bonds. The van der Waals surface area contributed by atoms with Crippen LogP contribution in [0.1, 0.15) is 12.6 Å². The number of nitrogens with zero attached hydrogens (tertiary/aromatic N) is 1. The maximum atomic E-state index is 13.4. The maximum Gasteiger partial charge on any atom is 0.331 e. The highest BCUT2D eigenvalue weighted by Gasteiger charge is 2.36. The zero-order chi connectivity index (χ0) is 13.4. The topological polar surface area (TPSA) is 105 Å². The van der Waals surface area contributed by atoms with E-state index in [1.54, 1.807) is 0 Å². The fourth-order valence-corrected chi connectivity index (χ4v) is 2.57. The third-order valence-corrected chi connectivity index (χ3v) is 3.70. The molecule has 0 bridgehead atoms. The Labute approximate surface area is 113 Å². The van der Waals surface area contributed by atoms with Gasteiger partial charge in [0.25, 0.3) is 5.56 Å². The van der Waals surface area contributed by atoms with Crippen LogP contribution in [0, 0.1) is 9.52 Å². The van der Waals surface area contributed by atoms with Crippen molar-refractivity contribution >= 4 is 22.6 Å². The summed E-state index contributed by atoms with van der Waals surface area (Å²) in [6.07, 6.45) is -2.65.